The van der Waals surface area contributed by atoms with E-state index in [1.807, 2.05) is 0 Å². The molecule has 0 radical (unpaired) electrons. The molecule has 2 aromatic rings. The van der Waals surface area contributed by atoms with E-state index >= 15 is 0 Å². The van der Waals surface area contributed by atoms with Crippen LogP contribution in [0.3, 0.4) is 0 Å². The summed E-state index contributed by atoms with van der Waals surface area (Å²) in [5, 5.41) is 0. The van der Waals surface area contributed by atoms with Crippen molar-refractivity contribution in [2.45, 2.75) is 30.7 Å². The molecule has 1 heterocycles. The summed E-state index contributed by atoms with van der Waals surface area (Å²) in [4.78, 5) is 13.5. The molecule has 1 fully saturated rings. The molecule has 0 aliphatic carbocycles. The highest BCUT2D eigenvalue weighted by Gasteiger charge is 2.28. The number of halogens is 2. The highest BCUT2D eigenvalue weighted by molar-refractivity contribution is 7.89. The highest BCUT2D eigenvalue weighted by Crippen LogP contribution is 2.28. The van der Waals surface area contributed by atoms with Crippen molar-refractivity contribution in [3.63, 3.8) is 0 Å². The van der Waals surface area contributed by atoms with Gasteiger partial charge in [-0.3, -0.25) is 4.79 Å². The minimum atomic E-state index is -3.85. The van der Waals surface area contributed by atoms with Crippen LogP contribution < -0.4 is 4.90 Å². The first kappa shape index (κ1) is 19.4. The van der Waals surface area contributed by atoms with Crippen molar-refractivity contribution in [2.24, 2.45) is 0 Å². The molecule has 1 aliphatic heterocycles. The molecule has 5 nitrogen and oxygen atoms in total. The van der Waals surface area contributed by atoms with Gasteiger partial charge in [0.05, 0.1) is 4.90 Å². The zero-order chi connectivity index (χ0) is 19.8. The number of carbonyl (C=O) groups is 1. The first-order valence-corrected chi connectivity index (χ1v) is 9.99. The second-order valence-electron chi connectivity index (χ2n) is 6.51. The quantitative estimate of drug-likeness (QED) is 0.780. The molecule has 1 atom stereocenters. The molecule has 144 valence electrons. The predicted octanol–water partition coefficient (Wildman–Crippen LogP) is 3.47. The van der Waals surface area contributed by atoms with Gasteiger partial charge in [0.15, 0.2) is 11.6 Å². The van der Waals surface area contributed by atoms with Crippen molar-refractivity contribution in [3.05, 3.63) is 59.7 Å². The Morgan fingerprint density at radius 2 is 1.74 bits per heavy atom. The maximum Gasteiger partial charge on any atom is 0.243 e. The maximum atomic E-state index is 13.5. The minimum absolute atomic E-state index is 0.0229. The molecule has 1 unspecified atom stereocenters. The number of benzene rings is 2. The van der Waals surface area contributed by atoms with Crippen molar-refractivity contribution in [2.75, 3.05) is 18.5 Å². The van der Waals surface area contributed by atoms with E-state index < -0.39 is 27.7 Å². The van der Waals surface area contributed by atoms with Crippen LogP contribution in [0.25, 0.3) is 0 Å². The third-order valence-corrected chi connectivity index (χ3v) is 6.81. The average Bonchev–Trinajstić information content (AvgIpc) is 3.08. The molecular formula is C19H20F2N2O3S. The first-order valence-electron chi connectivity index (χ1n) is 8.55. The number of rotatable bonds is 5. The molecule has 8 heteroatoms. The lowest BCUT2D eigenvalue weighted by molar-refractivity contribution is -0.117. The van der Waals surface area contributed by atoms with Gasteiger partial charge in [0.2, 0.25) is 15.9 Å². The molecular weight excluding hydrogens is 374 g/mol. The molecule has 0 bridgehead atoms. The lowest BCUT2D eigenvalue weighted by Crippen LogP contribution is -2.30. The van der Waals surface area contributed by atoms with Crippen LogP contribution in [-0.2, 0) is 14.8 Å². The zero-order valence-corrected chi connectivity index (χ0v) is 15.8. The number of nitrogens with zero attached hydrogens (tertiary/aromatic N) is 2. The summed E-state index contributed by atoms with van der Waals surface area (Å²) in [6.45, 7) is 2.22. The fourth-order valence-electron chi connectivity index (χ4n) is 3.08. The summed E-state index contributed by atoms with van der Waals surface area (Å²) in [5.41, 5.74) is 1.01. The molecule has 1 aliphatic rings. The molecule has 0 aromatic heterocycles. The van der Waals surface area contributed by atoms with Crippen LogP contribution in [0.4, 0.5) is 14.5 Å². The van der Waals surface area contributed by atoms with Gasteiger partial charge in [-0.05, 0) is 55.3 Å². The van der Waals surface area contributed by atoms with Crippen LogP contribution >= 0.6 is 0 Å². The molecule has 1 amide bonds. The van der Waals surface area contributed by atoms with Crippen molar-refractivity contribution >= 4 is 21.6 Å². The fraction of sp³-hybridized carbons (Fsp3) is 0.316. The predicted molar refractivity (Wildman–Crippen MR) is 97.8 cm³/mol. The SMILES string of the molecule is CC(c1ccc(F)c(F)c1)N(C)S(=O)(=O)c1ccc(N2CCCC2=O)cc1. The lowest BCUT2D eigenvalue weighted by atomic mass is 10.1. The molecule has 1 saturated heterocycles. The van der Waals surface area contributed by atoms with Crippen molar-refractivity contribution in [1.29, 1.82) is 0 Å². The normalized spacial score (nSPS) is 16.2. The topological polar surface area (TPSA) is 57.7 Å². The minimum Gasteiger partial charge on any atom is -0.312 e. The summed E-state index contributed by atoms with van der Waals surface area (Å²) in [5.74, 6) is -1.98. The monoisotopic (exact) mass is 394 g/mol. The number of carbonyl (C=O) groups excluding carboxylic acids is 1. The van der Waals surface area contributed by atoms with Crippen LogP contribution in [0.2, 0.25) is 0 Å². The number of sulfonamides is 1. The Hall–Kier alpha value is -2.32. The molecule has 0 spiro atoms. The summed E-state index contributed by atoms with van der Waals surface area (Å²) >= 11 is 0. The van der Waals surface area contributed by atoms with E-state index in [0.717, 1.165) is 22.9 Å². The van der Waals surface area contributed by atoms with Gasteiger partial charge in [0.1, 0.15) is 0 Å². The Labute approximate surface area is 157 Å². The third kappa shape index (κ3) is 3.72. The van der Waals surface area contributed by atoms with Gasteiger partial charge in [0.25, 0.3) is 0 Å². The Morgan fingerprint density at radius 1 is 1.07 bits per heavy atom. The number of amides is 1. The summed E-state index contributed by atoms with van der Waals surface area (Å²) in [7, 11) is -2.46. The van der Waals surface area contributed by atoms with Crippen molar-refractivity contribution in [1.82, 2.24) is 4.31 Å². The molecule has 3 rings (SSSR count). The van der Waals surface area contributed by atoms with Gasteiger partial charge in [-0.15, -0.1) is 0 Å². The maximum absolute atomic E-state index is 13.5. The van der Waals surface area contributed by atoms with Crippen LogP contribution in [0.15, 0.2) is 47.4 Å². The highest BCUT2D eigenvalue weighted by atomic mass is 32.2. The Kier molecular flexibility index (Phi) is 5.30. The van der Waals surface area contributed by atoms with Crippen molar-refractivity contribution in [3.8, 4) is 0 Å². The molecule has 27 heavy (non-hydrogen) atoms. The van der Waals surface area contributed by atoms with Gasteiger partial charge >= 0.3 is 0 Å². The van der Waals surface area contributed by atoms with Crippen LogP contribution in [-0.4, -0.2) is 32.2 Å². The molecule has 0 N–H and O–H groups in total. The second kappa shape index (κ2) is 7.36. The zero-order valence-electron chi connectivity index (χ0n) is 15.0. The summed E-state index contributed by atoms with van der Waals surface area (Å²) < 4.78 is 53.4. The smallest absolute Gasteiger partial charge is 0.243 e. The van der Waals surface area contributed by atoms with E-state index in [1.54, 1.807) is 24.0 Å². The van der Waals surface area contributed by atoms with Gasteiger partial charge in [-0.2, -0.15) is 4.31 Å². The van der Waals surface area contributed by atoms with Gasteiger partial charge in [-0.25, -0.2) is 17.2 Å². The molecule has 2 aromatic carbocycles. The van der Waals surface area contributed by atoms with Gasteiger partial charge in [-0.1, -0.05) is 6.07 Å². The summed E-state index contributed by atoms with van der Waals surface area (Å²) in [6, 6.07) is 8.74. The van der Waals surface area contributed by atoms with E-state index in [1.165, 1.54) is 25.2 Å². The Bertz CT molecular complexity index is 961. The second-order valence-corrected chi connectivity index (χ2v) is 8.51. The van der Waals surface area contributed by atoms with Gasteiger partial charge < -0.3 is 4.90 Å². The average molecular weight is 394 g/mol. The molecule has 0 saturated carbocycles. The Morgan fingerprint density at radius 3 is 2.30 bits per heavy atom. The number of hydrogen-bond donors (Lipinski definition) is 0. The standard InChI is InChI=1S/C19H20F2N2O3S/c1-13(14-5-10-17(20)18(21)12-14)22(2)27(25,26)16-8-6-15(7-9-16)23-11-3-4-19(23)24/h5-10,12-13H,3-4,11H2,1-2H3. The van der Waals surface area contributed by atoms with Crippen LogP contribution in [0, 0.1) is 11.6 Å². The van der Waals surface area contributed by atoms with Gasteiger partial charge in [0, 0.05) is 31.7 Å². The van der Waals surface area contributed by atoms with E-state index in [2.05, 4.69) is 0 Å². The summed E-state index contributed by atoms with van der Waals surface area (Å²) in [6.07, 6.45) is 1.28. The van der Waals surface area contributed by atoms with Crippen molar-refractivity contribution < 1.29 is 22.0 Å². The number of anilines is 1. The van der Waals surface area contributed by atoms with E-state index in [0.29, 0.717) is 24.2 Å². The third-order valence-electron chi connectivity index (χ3n) is 4.87. The van der Waals surface area contributed by atoms with E-state index in [4.69, 9.17) is 0 Å². The largest absolute Gasteiger partial charge is 0.312 e. The van der Waals surface area contributed by atoms with E-state index in [9.17, 15) is 22.0 Å². The Balaban J connectivity index is 1.84. The lowest BCUT2D eigenvalue weighted by Gasteiger charge is -2.25. The van der Waals surface area contributed by atoms with Crippen LogP contribution in [0.1, 0.15) is 31.4 Å². The number of hydrogen-bond acceptors (Lipinski definition) is 3. The fourth-order valence-corrected chi connectivity index (χ4v) is 4.43. The van der Waals surface area contributed by atoms with Crippen LogP contribution in [0.5, 0.6) is 0 Å². The first-order chi connectivity index (χ1) is 12.7. The van der Waals surface area contributed by atoms with E-state index in [-0.39, 0.29) is 10.8 Å².